The molecule has 1 amide bonds. The van der Waals surface area contributed by atoms with E-state index in [1.807, 2.05) is 18.2 Å². The van der Waals surface area contributed by atoms with Gasteiger partial charge in [-0.15, -0.1) is 0 Å². The Morgan fingerprint density at radius 1 is 1.29 bits per heavy atom. The Kier molecular flexibility index (Phi) is 5.53. The van der Waals surface area contributed by atoms with Gasteiger partial charge in [0.25, 0.3) is 0 Å². The maximum Gasteiger partial charge on any atom is 0.248 e. The van der Waals surface area contributed by atoms with Gasteiger partial charge < -0.3 is 11.1 Å². The molecule has 0 aliphatic heterocycles. The molecule has 3 N–H and O–H groups in total. The average molecular weight is 234 g/mol. The summed E-state index contributed by atoms with van der Waals surface area (Å²) in [6.07, 6.45) is 4.61. The molecule has 0 aromatic heterocycles. The van der Waals surface area contributed by atoms with Crippen LogP contribution < -0.4 is 11.1 Å². The number of benzene rings is 1. The molecule has 0 unspecified atom stereocenters. The van der Waals surface area contributed by atoms with Crippen molar-refractivity contribution in [2.45, 2.75) is 45.6 Å². The number of nitrogens with two attached hydrogens (primary N) is 1. The first-order chi connectivity index (χ1) is 8.17. The Hall–Kier alpha value is -1.51. The van der Waals surface area contributed by atoms with Crippen LogP contribution in [0, 0.1) is 0 Å². The lowest BCUT2D eigenvalue weighted by atomic mass is 10.1. The summed E-state index contributed by atoms with van der Waals surface area (Å²) in [4.78, 5) is 11.1. The number of anilines is 1. The first-order valence-electron chi connectivity index (χ1n) is 6.33. The van der Waals surface area contributed by atoms with Crippen LogP contribution in [0.3, 0.4) is 0 Å². The first-order valence-corrected chi connectivity index (χ1v) is 6.33. The molecule has 17 heavy (non-hydrogen) atoms. The van der Waals surface area contributed by atoms with Crippen LogP contribution in [0.1, 0.15) is 49.9 Å². The van der Waals surface area contributed by atoms with E-state index >= 15 is 0 Å². The Balaban J connectivity index is 2.71. The number of carbonyl (C=O) groups is 1. The molecule has 0 bridgehead atoms. The van der Waals surface area contributed by atoms with Crippen LogP contribution in [-0.2, 0) is 0 Å². The highest BCUT2D eigenvalue weighted by Gasteiger charge is 2.07. The third kappa shape index (κ3) is 4.47. The second-order valence-electron chi connectivity index (χ2n) is 4.36. The van der Waals surface area contributed by atoms with Gasteiger partial charge in [-0.1, -0.05) is 32.8 Å². The summed E-state index contributed by atoms with van der Waals surface area (Å²) in [6.45, 7) is 4.37. The molecule has 1 rings (SSSR count). The zero-order valence-corrected chi connectivity index (χ0v) is 10.7. The Morgan fingerprint density at radius 3 is 2.47 bits per heavy atom. The van der Waals surface area contributed by atoms with E-state index in [9.17, 15) is 4.79 Å². The molecule has 0 saturated heterocycles. The molecule has 1 aromatic carbocycles. The zero-order chi connectivity index (χ0) is 12.7. The van der Waals surface area contributed by atoms with Gasteiger partial charge in [-0.2, -0.15) is 0 Å². The van der Waals surface area contributed by atoms with Crippen molar-refractivity contribution in [3.63, 3.8) is 0 Å². The van der Waals surface area contributed by atoms with Crippen LogP contribution in [0.4, 0.5) is 5.69 Å². The monoisotopic (exact) mass is 234 g/mol. The minimum absolute atomic E-state index is 0.379. The molecule has 0 fully saturated rings. The maximum atomic E-state index is 11.1. The van der Waals surface area contributed by atoms with Crippen LogP contribution in [0.25, 0.3) is 0 Å². The zero-order valence-electron chi connectivity index (χ0n) is 10.7. The van der Waals surface area contributed by atoms with Gasteiger partial charge in [0.15, 0.2) is 0 Å². The first kappa shape index (κ1) is 13.6. The lowest BCUT2D eigenvalue weighted by Gasteiger charge is -2.19. The van der Waals surface area contributed by atoms with E-state index in [1.165, 1.54) is 0 Å². The number of hydrogen-bond donors (Lipinski definition) is 2. The summed E-state index contributed by atoms with van der Waals surface area (Å²) in [5.41, 5.74) is 6.80. The van der Waals surface area contributed by atoms with Gasteiger partial charge in [0.2, 0.25) is 5.91 Å². The van der Waals surface area contributed by atoms with E-state index in [2.05, 4.69) is 19.2 Å². The predicted molar refractivity (Wildman–Crippen MR) is 72.2 cm³/mol. The molecule has 0 atom stereocenters. The fourth-order valence-corrected chi connectivity index (χ4v) is 1.98. The third-order valence-corrected chi connectivity index (χ3v) is 2.79. The van der Waals surface area contributed by atoms with Crippen molar-refractivity contribution >= 4 is 11.6 Å². The molecule has 94 valence electrons. The molecule has 0 radical (unpaired) electrons. The minimum Gasteiger partial charge on any atom is -0.382 e. The Morgan fingerprint density at radius 2 is 1.94 bits per heavy atom. The quantitative estimate of drug-likeness (QED) is 0.761. The van der Waals surface area contributed by atoms with Crippen LogP contribution in [0.5, 0.6) is 0 Å². The van der Waals surface area contributed by atoms with Crippen molar-refractivity contribution in [1.29, 1.82) is 0 Å². The Labute approximate surface area is 103 Å². The SMILES string of the molecule is CCCC(CCC)Nc1cccc(C(N)=O)c1. The van der Waals surface area contributed by atoms with Crippen LogP contribution in [0.15, 0.2) is 24.3 Å². The number of rotatable bonds is 7. The van der Waals surface area contributed by atoms with Gasteiger partial charge in [0.1, 0.15) is 0 Å². The molecule has 0 aliphatic carbocycles. The summed E-state index contributed by atoms with van der Waals surface area (Å²) in [7, 11) is 0. The largest absolute Gasteiger partial charge is 0.382 e. The summed E-state index contributed by atoms with van der Waals surface area (Å²) < 4.78 is 0. The summed E-state index contributed by atoms with van der Waals surface area (Å²) in [5, 5.41) is 3.47. The normalized spacial score (nSPS) is 10.5. The molecular formula is C14H22N2O. The van der Waals surface area contributed by atoms with Gasteiger partial charge in [-0.05, 0) is 31.0 Å². The van der Waals surface area contributed by atoms with E-state index < -0.39 is 0 Å². The number of amides is 1. The van der Waals surface area contributed by atoms with Crippen molar-refractivity contribution in [2.75, 3.05) is 5.32 Å². The number of nitrogens with one attached hydrogen (secondary N) is 1. The highest BCUT2D eigenvalue weighted by molar-refractivity contribution is 5.93. The molecule has 0 spiro atoms. The van der Waals surface area contributed by atoms with Crippen molar-refractivity contribution < 1.29 is 4.79 Å². The van der Waals surface area contributed by atoms with Gasteiger partial charge in [-0.25, -0.2) is 0 Å². The summed E-state index contributed by atoms with van der Waals surface area (Å²) >= 11 is 0. The number of primary amides is 1. The topological polar surface area (TPSA) is 55.1 Å². The maximum absolute atomic E-state index is 11.1. The highest BCUT2D eigenvalue weighted by atomic mass is 16.1. The lowest BCUT2D eigenvalue weighted by Crippen LogP contribution is -2.19. The molecule has 0 saturated carbocycles. The van der Waals surface area contributed by atoms with E-state index in [4.69, 9.17) is 5.73 Å². The number of hydrogen-bond acceptors (Lipinski definition) is 2. The predicted octanol–water partition coefficient (Wildman–Crippen LogP) is 3.17. The van der Waals surface area contributed by atoms with Crippen molar-refractivity contribution in [2.24, 2.45) is 5.73 Å². The molecule has 0 heterocycles. The van der Waals surface area contributed by atoms with E-state index in [0.29, 0.717) is 11.6 Å². The van der Waals surface area contributed by atoms with Gasteiger partial charge in [-0.3, -0.25) is 4.79 Å². The van der Waals surface area contributed by atoms with Crippen molar-refractivity contribution in [3.05, 3.63) is 29.8 Å². The second-order valence-corrected chi connectivity index (χ2v) is 4.36. The molecule has 3 heteroatoms. The molecule has 0 aliphatic rings. The second kappa shape index (κ2) is 6.94. The highest BCUT2D eigenvalue weighted by Crippen LogP contribution is 2.15. The fourth-order valence-electron chi connectivity index (χ4n) is 1.98. The average Bonchev–Trinajstić information content (AvgIpc) is 2.30. The van der Waals surface area contributed by atoms with Crippen LogP contribution in [-0.4, -0.2) is 11.9 Å². The van der Waals surface area contributed by atoms with Crippen molar-refractivity contribution in [1.82, 2.24) is 0 Å². The fraction of sp³-hybridized carbons (Fsp3) is 0.500. The molecule has 1 aromatic rings. The smallest absolute Gasteiger partial charge is 0.248 e. The van der Waals surface area contributed by atoms with Crippen LogP contribution >= 0.6 is 0 Å². The molecule has 3 nitrogen and oxygen atoms in total. The summed E-state index contributed by atoms with van der Waals surface area (Å²) in [6, 6.07) is 7.87. The van der Waals surface area contributed by atoms with Gasteiger partial charge in [0.05, 0.1) is 0 Å². The van der Waals surface area contributed by atoms with Gasteiger partial charge in [0, 0.05) is 17.3 Å². The summed E-state index contributed by atoms with van der Waals surface area (Å²) in [5.74, 6) is -0.379. The Bertz CT molecular complexity index is 357. The molecular weight excluding hydrogens is 212 g/mol. The van der Waals surface area contributed by atoms with Crippen LogP contribution in [0.2, 0.25) is 0 Å². The lowest BCUT2D eigenvalue weighted by molar-refractivity contribution is 0.100. The van der Waals surface area contributed by atoms with E-state index in [0.717, 1.165) is 31.4 Å². The van der Waals surface area contributed by atoms with Gasteiger partial charge >= 0.3 is 0 Å². The van der Waals surface area contributed by atoms with E-state index in [-0.39, 0.29) is 5.91 Å². The standard InChI is InChI=1S/C14H22N2O/c1-3-6-12(7-4-2)16-13-9-5-8-11(10-13)14(15)17/h5,8-10,12,16H,3-4,6-7H2,1-2H3,(H2,15,17). The number of carbonyl (C=O) groups excluding carboxylic acids is 1. The van der Waals surface area contributed by atoms with E-state index in [1.54, 1.807) is 6.07 Å². The minimum atomic E-state index is -0.379. The van der Waals surface area contributed by atoms with Crippen molar-refractivity contribution in [3.8, 4) is 0 Å². The third-order valence-electron chi connectivity index (χ3n) is 2.79.